The van der Waals surface area contributed by atoms with E-state index in [1.165, 1.54) is 22.8 Å². The number of ether oxygens (including phenoxy) is 1. The highest BCUT2D eigenvalue weighted by Crippen LogP contribution is 2.11. The third-order valence-corrected chi connectivity index (χ3v) is 2.33. The molecule has 1 aromatic heterocycles. The normalized spacial score (nSPS) is 10.7. The molecule has 0 fully saturated rings. The van der Waals surface area contributed by atoms with Gasteiger partial charge in [0.2, 0.25) is 0 Å². The van der Waals surface area contributed by atoms with Crippen LogP contribution in [0.2, 0.25) is 0 Å². The molecule has 5 nitrogen and oxygen atoms in total. The second-order valence-electron chi connectivity index (χ2n) is 3.48. The van der Waals surface area contributed by atoms with E-state index in [9.17, 15) is 14.0 Å². The molecule has 0 amide bonds. The van der Waals surface area contributed by atoms with Crippen molar-refractivity contribution >= 4 is 17.0 Å². The smallest absolute Gasteiger partial charge is 0.327 e. The number of halogens is 1. The Morgan fingerprint density at radius 1 is 1.53 bits per heavy atom. The molecule has 0 saturated heterocycles. The first-order valence-corrected chi connectivity index (χ1v) is 5.15. The summed E-state index contributed by atoms with van der Waals surface area (Å²) in [5.41, 5.74) is 0.377. The number of aromatic nitrogens is 2. The molecule has 1 N–H and O–H groups in total. The molecule has 90 valence electrons. The maximum absolute atomic E-state index is 12.9. The molecule has 0 aliphatic carbocycles. The van der Waals surface area contributed by atoms with Crippen molar-refractivity contribution in [2.45, 2.75) is 13.5 Å². The first kappa shape index (κ1) is 11.4. The number of aromatic amines is 1. The van der Waals surface area contributed by atoms with Crippen LogP contribution in [0.15, 0.2) is 23.0 Å². The number of fused-ring (bicyclic) bond motifs is 1. The van der Waals surface area contributed by atoms with Gasteiger partial charge in [-0.2, -0.15) is 0 Å². The highest BCUT2D eigenvalue weighted by Gasteiger charge is 2.11. The van der Waals surface area contributed by atoms with Crippen molar-refractivity contribution in [3.8, 4) is 0 Å². The molecule has 2 rings (SSSR count). The monoisotopic (exact) mass is 238 g/mol. The summed E-state index contributed by atoms with van der Waals surface area (Å²) in [7, 11) is 0. The minimum Gasteiger partial charge on any atom is -0.465 e. The summed E-state index contributed by atoms with van der Waals surface area (Å²) in [4.78, 5) is 25.3. The topological polar surface area (TPSA) is 64.1 Å². The molecule has 2 aromatic rings. The minimum atomic E-state index is -0.500. The van der Waals surface area contributed by atoms with Crippen LogP contribution >= 0.6 is 0 Å². The lowest BCUT2D eigenvalue weighted by Crippen LogP contribution is -2.23. The molecular formula is C11H11FN2O3. The van der Waals surface area contributed by atoms with Crippen molar-refractivity contribution in [2.24, 2.45) is 0 Å². The van der Waals surface area contributed by atoms with E-state index in [1.807, 2.05) is 0 Å². The fourth-order valence-corrected chi connectivity index (χ4v) is 1.63. The Morgan fingerprint density at radius 3 is 3.00 bits per heavy atom. The summed E-state index contributed by atoms with van der Waals surface area (Å²) in [5.74, 6) is -0.943. The van der Waals surface area contributed by atoms with Crippen LogP contribution in [0.25, 0.3) is 11.0 Å². The van der Waals surface area contributed by atoms with E-state index < -0.39 is 17.5 Å². The highest BCUT2D eigenvalue weighted by atomic mass is 19.1. The molecule has 0 saturated carbocycles. The lowest BCUT2D eigenvalue weighted by atomic mass is 10.3. The van der Waals surface area contributed by atoms with Crippen LogP contribution < -0.4 is 5.69 Å². The van der Waals surface area contributed by atoms with Gasteiger partial charge in [0.25, 0.3) is 0 Å². The Kier molecular flexibility index (Phi) is 2.95. The number of rotatable bonds is 3. The summed E-state index contributed by atoms with van der Waals surface area (Å²) >= 11 is 0. The molecule has 0 unspecified atom stereocenters. The Bertz CT molecular complexity index is 615. The number of H-pyrrole nitrogens is 1. The third kappa shape index (κ3) is 2.20. The fraction of sp³-hybridized carbons (Fsp3) is 0.273. The minimum absolute atomic E-state index is 0.182. The summed E-state index contributed by atoms with van der Waals surface area (Å²) in [6, 6.07) is 3.89. The Hall–Kier alpha value is -2.11. The molecular weight excluding hydrogens is 227 g/mol. The first-order valence-electron chi connectivity index (χ1n) is 5.15. The number of nitrogens with one attached hydrogen (secondary N) is 1. The van der Waals surface area contributed by atoms with Crippen LogP contribution in [0, 0.1) is 5.82 Å². The van der Waals surface area contributed by atoms with Gasteiger partial charge in [0.1, 0.15) is 12.4 Å². The molecule has 0 spiro atoms. The van der Waals surface area contributed by atoms with E-state index in [2.05, 4.69) is 4.98 Å². The maximum atomic E-state index is 12.9. The predicted molar refractivity (Wildman–Crippen MR) is 59.1 cm³/mol. The van der Waals surface area contributed by atoms with Crippen molar-refractivity contribution in [3.05, 3.63) is 34.5 Å². The highest BCUT2D eigenvalue weighted by molar-refractivity contribution is 5.78. The van der Waals surface area contributed by atoms with Gasteiger partial charge in [0.05, 0.1) is 17.6 Å². The number of esters is 1. The predicted octanol–water partition coefficient (Wildman–Crippen LogP) is 1.03. The van der Waals surface area contributed by atoms with E-state index in [0.29, 0.717) is 11.0 Å². The van der Waals surface area contributed by atoms with Gasteiger partial charge in [-0.05, 0) is 25.1 Å². The van der Waals surface area contributed by atoms with Crippen LogP contribution in [0.5, 0.6) is 0 Å². The number of hydrogen-bond acceptors (Lipinski definition) is 3. The largest absolute Gasteiger partial charge is 0.465 e. The SMILES string of the molecule is CCOC(=O)Cn1c(=O)[nH]c2cc(F)ccc21. The van der Waals surface area contributed by atoms with Gasteiger partial charge < -0.3 is 9.72 Å². The molecule has 0 bridgehead atoms. The van der Waals surface area contributed by atoms with Gasteiger partial charge >= 0.3 is 11.7 Å². The van der Waals surface area contributed by atoms with Crippen LogP contribution in [-0.4, -0.2) is 22.1 Å². The quantitative estimate of drug-likeness (QED) is 0.812. The molecule has 0 aliphatic heterocycles. The molecule has 1 aromatic carbocycles. The average molecular weight is 238 g/mol. The summed E-state index contributed by atoms with van der Waals surface area (Å²) in [6.07, 6.45) is 0. The van der Waals surface area contributed by atoms with Crippen molar-refractivity contribution in [1.29, 1.82) is 0 Å². The van der Waals surface area contributed by atoms with Crippen LogP contribution in [0.4, 0.5) is 4.39 Å². The van der Waals surface area contributed by atoms with Crippen molar-refractivity contribution < 1.29 is 13.9 Å². The summed E-state index contributed by atoms with van der Waals surface area (Å²) < 4.78 is 18.9. The Labute approximate surface area is 95.8 Å². The van der Waals surface area contributed by atoms with Crippen LogP contribution in [0.3, 0.4) is 0 Å². The lowest BCUT2D eigenvalue weighted by molar-refractivity contribution is -0.143. The standard InChI is InChI=1S/C11H11FN2O3/c1-2-17-10(15)6-14-9-4-3-7(12)5-8(9)13-11(14)16/h3-5H,2,6H2,1H3,(H,13,16). The molecule has 0 aliphatic rings. The molecule has 6 heteroatoms. The fourth-order valence-electron chi connectivity index (χ4n) is 1.63. The molecule has 0 radical (unpaired) electrons. The van der Waals surface area contributed by atoms with Crippen molar-refractivity contribution in [2.75, 3.05) is 6.61 Å². The second-order valence-corrected chi connectivity index (χ2v) is 3.48. The number of benzene rings is 1. The summed E-state index contributed by atoms with van der Waals surface area (Å²) in [5, 5.41) is 0. The zero-order chi connectivity index (χ0) is 12.4. The van der Waals surface area contributed by atoms with Crippen LogP contribution in [-0.2, 0) is 16.1 Å². The van der Waals surface area contributed by atoms with Gasteiger partial charge in [0, 0.05) is 0 Å². The molecule has 1 heterocycles. The third-order valence-electron chi connectivity index (χ3n) is 2.33. The van der Waals surface area contributed by atoms with Crippen molar-refractivity contribution in [1.82, 2.24) is 9.55 Å². The number of carbonyl (C=O) groups is 1. The molecule has 0 atom stereocenters. The Balaban J connectivity index is 2.43. The number of carbonyl (C=O) groups excluding carboxylic acids is 1. The average Bonchev–Trinajstić information content (AvgIpc) is 2.55. The van der Waals surface area contributed by atoms with Gasteiger partial charge in [0.15, 0.2) is 0 Å². The lowest BCUT2D eigenvalue weighted by Gasteiger charge is -2.02. The van der Waals surface area contributed by atoms with E-state index >= 15 is 0 Å². The van der Waals surface area contributed by atoms with Gasteiger partial charge in [-0.15, -0.1) is 0 Å². The summed E-state index contributed by atoms with van der Waals surface area (Å²) in [6.45, 7) is 1.76. The van der Waals surface area contributed by atoms with E-state index in [0.717, 1.165) is 0 Å². The zero-order valence-corrected chi connectivity index (χ0v) is 9.20. The zero-order valence-electron chi connectivity index (χ0n) is 9.20. The van der Waals surface area contributed by atoms with Gasteiger partial charge in [-0.25, -0.2) is 9.18 Å². The van der Waals surface area contributed by atoms with Crippen molar-refractivity contribution in [3.63, 3.8) is 0 Å². The second kappa shape index (κ2) is 4.40. The number of nitrogens with zero attached hydrogens (tertiary/aromatic N) is 1. The van der Waals surface area contributed by atoms with Gasteiger partial charge in [-0.1, -0.05) is 0 Å². The number of hydrogen-bond donors (Lipinski definition) is 1. The van der Waals surface area contributed by atoms with E-state index in [4.69, 9.17) is 4.74 Å². The van der Waals surface area contributed by atoms with E-state index in [-0.39, 0.29) is 13.2 Å². The first-order chi connectivity index (χ1) is 8.11. The Morgan fingerprint density at radius 2 is 2.29 bits per heavy atom. The van der Waals surface area contributed by atoms with E-state index in [1.54, 1.807) is 6.92 Å². The van der Waals surface area contributed by atoms with Crippen LogP contribution in [0.1, 0.15) is 6.92 Å². The molecule has 17 heavy (non-hydrogen) atoms. The maximum Gasteiger partial charge on any atom is 0.327 e. The number of imidazole rings is 1. The van der Waals surface area contributed by atoms with Gasteiger partial charge in [-0.3, -0.25) is 9.36 Å².